The number of nitrogens with zero attached hydrogens (tertiary/aromatic N) is 2. The summed E-state index contributed by atoms with van der Waals surface area (Å²) < 4.78 is 42.4. The number of carbonyl (C=O) groups excluding carboxylic acids is 2. The Morgan fingerprint density at radius 3 is 2.72 bits per heavy atom. The van der Waals surface area contributed by atoms with E-state index in [1.54, 1.807) is 0 Å². The third kappa shape index (κ3) is 2.88. The van der Waals surface area contributed by atoms with Gasteiger partial charge >= 0.3 is 12.0 Å². The second-order valence-electron chi connectivity index (χ2n) is 6.43. The summed E-state index contributed by atoms with van der Waals surface area (Å²) in [6.45, 7) is 2.81. The van der Waals surface area contributed by atoms with Gasteiger partial charge in [-0.05, 0) is 24.9 Å². The first-order chi connectivity index (χ1) is 11.8. The second kappa shape index (κ2) is 5.55. The Morgan fingerprint density at radius 1 is 1.28 bits per heavy atom. The van der Waals surface area contributed by atoms with Gasteiger partial charge in [0.25, 0.3) is 5.91 Å². The molecule has 1 amide bonds. The van der Waals surface area contributed by atoms with Crippen LogP contribution in [0.4, 0.5) is 13.2 Å². The molecule has 4 rings (SSSR count). The van der Waals surface area contributed by atoms with Crippen LogP contribution in [0.5, 0.6) is 0 Å². The van der Waals surface area contributed by atoms with Crippen molar-refractivity contribution in [3.05, 3.63) is 29.8 Å². The molecule has 2 bridgehead atoms. The number of pyridine rings is 1. The van der Waals surface area contributed by atoms with Crippen molar-refractivity contribution in [1.29, 1.82) is 0 Å². The van der Waals surface area contributed by atoms with Crippen LogP contribution < -0.4 is 5.32 Å². The largest absolute Gasteiger partial charge is 0.458 e. The average Bonchev–Trinajstić information content (AvgIpc) is 3.26. The predicted octanol–water partition coefficient (Wildman–Crippen LogP) is 2.01. The summed E-state index contributed by atoms with van der Waals surface area (Å²) in [6, 6.07) is 2.28. The Bertz CT molecular complexity index is 861. The van der Waals surface area contributed by atoms with Crippen LogP contribution in [0.25, 0.3) is 11.0 Å². The van der Waals surface area contributed by atoms with Gasteiger partial charge in [0.15, 0.2) is 5.76 Å². The maximum absolute atomic E-state index is 12.5. The highest BCUT2D eigenvalue weighted by Gasteiger charge is 2.42. The maximum atomic E-state index is 12.5. The van der Waals surface area contributed by atoms with E-state index in [-0.39, 0.29) is 22.7 Å². The molecule has 0 spiro atoms. The fourth-order valence-corrected chi connectivity index (χ4v) is 3.50. The molecule has 3 unspecified atom stereocenters. The van der Waals surface area contributed by atoms with E-state index in [9.17, 15) is 22.8 Å². The van der Waals surface area contributed by atoms with Crippen LogP contribution >= 0.6 is 0 Å². The number of carbonyl (C=O) groups is 2. The van der Waals surface area contributed by atoms with Crippen molar-refractivity contribution in [1.82, 2.24) is 15.2 Å². The number of nitrogens with one attached hydrogen (secondary N) is 1. The molecule has 2 saturated heterocycles. The smallest absolute Gasteiger partial charge is 0.452 e. The minimum Gasteiger partial charge on any atom is -0.452 e. The van der Waals surface area contributed by atoms with Crippen molar-refractivity contribution in [3.8, 4) is 0 Å². The Kier molecular flexibility index (Phi) is 3.57. The van der Waals surface area contributed by atoms with E-state index in [2.05, 4.69) is 15.2 Å². The number of amides is 1. The molecule has 0 saturated carbocycles. The minimum absolute atomic E-state index is 0.0180. The van der Waals surface area contributed by atoms with Gasteiger partial charge in [-0.3, -0.25) is 14.6 Å². The zero-order valence-corrected chi connectivity index (χ0v) is 13.0. The highest BCUT2D eigenvalue weighted by molar-refractivity contribution is 6.02. The molecular formula is C16H14F3N3O3. The molecule has 0 aliphatic carbocycles. The predicted molar refractivity (Wildman–Crippen MR) is 80.2 cm³/mol. The topological polar surface area (TPSA) is 75.4 Å². The number of halogens is 3. The minimum atomic E-state index is -5.02. The molecule has 2 aliphatic heterocycles. The van der Waals surface area contributed by atoms with Crippen molar-refractivity contribution < 1.29 is 27.2 Å². The van der Waals surface area contributed by atoms with Gasteiger partial charge in [0.05, 0.1) is 0 Å². The van der Waals surface area contributed by atoms with Gasteiger partial charge in [-0.25, -0.2) is 0 Å². The Hall–Kier alpha value is -2.42. The summed E-state index contributed by atoms with van der Waals surface area (Å²) >= 11 is 0. The number of hydrogen-bond acceptors (Lipinski definition) is 5. The van der Waals surface area contributed by atoms with Crippen LogP contribution in [-0.2, 0) is 0 Å². The number of alkyl halides is 3. The van der Waals surface area contributed by atoms with Crippen LogP contribution in [0.3, 0.4) is 0 Å². The summed E-state index contributed by atoms with van der Waals surface area (Å²) in [5.41, 5.74) is 0.0649. The maximum Gasteiger partial charge on any atom is 0.458 e. The number of rotatable bonds is 3. The number of hydrogen-bond donors (Lipinski definition) is 1. The summed E-state index contributed by atoms with van der Waals surface area (Å²) in [4.78, 5) is 29.8. The van der Waals surface area contributed by atoms with Gasteiger partial charge in [0.2, 0.25) is 0 Å². The van der Waals surface area contributed by atoms with Crippen LogP contribution in [0.15, 0.2) is 22.7 Å². The van der Waals surface area contributed by atoms with Gasteiger partial charge in [0, 0.05) is 36.8 Å². The number of Topliss-reactive ketones (excluding diaryl/α,β-unsaturated/α-hetero) is 1. The molecule has 0 aromatic carbocycles. The van der Waals surface area contributed by atoms with Crippen molar-refractivity contribution in [3.63, 3.8) is 0 Å². The summed E-state index contributed by atoms with van der Waals surface area (Å²) in [5, 5.41) is 3.15. The lowest BCUT2D eigenvalue weighted by Crippen LogP contribution is -2.43. The zero-order chi connectivity index (χ0) is 17.8. The third-order valence-corrected chi connectivity index (χ3v) is 4.76. The zero-order valence-electron chi connectivity index (χ0n) is 13.0. The van der Waals surface area contributed by atoms with E-state index in [1.807, 2.05) is 0 Å². The van der Waals surface area contributed by atoms with Crippen molar-refractivity contribution in [2.45, 2.75) is 18.6 Å². The number of ketones is 1. The lowest BCUT2D eigenvalue weighted by molar-refractivity contribution is -0.0898. The Labute approximate surface area is 140 Å². The number of fused-ring (bicyclic) bond motifs is 3. The van der Waals surface area contributed by atoms with E-state index in [4.69, 9.17) is 4.42 Å². The van der Waals surface area contributed by atoms with E-state index < -0.39 is 23.6 Å². The number of aromatic nitrogens is 1. The van der Waals surface area contributed by atoms with E-state index in [1.165, 1.54) is 12.3 Å². The quantitative estimate of drug-likeness (QED) is 0.855. The van der Waals surface area contributed by atoms with Crippen LogP contribution in [-0.4, -0.2) is 53.4 Å². The van der Waals surface area contributed by atoms with Crippen molar-refractivity contribution in [2.24, 2.45) is 5.92 Å². The molecule has 2 aliphatic rings. The molecule has 2 fully saturated rings. The fraction of sp³-hybridized carbons (Fsp3) is 0.438. The lowest BCUT2D eigenvalue weighted by Gasteiger charge is -2.22. The van der Waals surface area contributed by atoms with E-state index in [0.717, 1.165) is 32.1 Å². The first kappa shape index (κ1) is 16.1. The molecule has 4 heterocycles. The Balaban J connectivity index is 1.54. The first-order valence-corrected chi connectivity index (χ1v) is 7.85. The molecule has 1 N–H and O–H groups in total. The SMILES string of the molecule is O=C(NC1CN2CCC1C2)c1cc2oc(C(=O)C(F)(F)F)cc2cn1. The van der Waals surface area contributed by atoms with Crippen LogP contribution in [0, 0.1) is 5.92 Å². The number of furan rings is 1. The normalized spacial score (nSPS) is 25.5. The number of piperidine rings is 1. The molecule has 0 radical (unpaired) electrons. The van der Waals surface area contributed by atoms with Crippen LogP contribution in [0.2, 0.25) is 0 Å². The highest BCUT2D eigenvalue weighted by atomic mass is 19.4. The molecule has 25 heavy (non-hydrogen) atoms. The fourth-order valence-electron chi connectivity index (χ4n) is 3.50. The van der Waals surface area contributed by atoms with Crippen LogP contribution in [0.1, 0.15) is 27.5 Å². The lowest BCUT2D eigenvalue weighted by atomic mass is 10.00. The first-order valence-electron chi connectivity index (χ1n) is 7.85. The standard InChI is InChI=1S/C16H14F3N3O3/c17-16(18,19)14(23)13-3-9-5-20-10(4-12(9)25-13)15(24)21-11-7-22-2-1-8(11)6-22/h3-5,8,11H,1-2,6-7H2,(H,21,24). The third-order valence-electron chi connectivity index (χ3n) is 4.76. The van der Waals surface area contributed by atoms with Gasteiger partial charge in [-0.15, -0.1) is 0 Å². The average molecular weight is 353 g/mol. The van der Waals surface area contributed by atoms with E-state index in [0.29, 0.717) is 5.92 Å². The van der Waals surface area contributed by atoms with Gasteiger partial charge in [-0.2, -0.15) is 13.2 Å². The monoisotopic (exact) mass is 353 g/mol. The molecular weight excluding hydrogens is 339 g/mol. The second-order valence-corrected chi connectivity index (χ2v) is 6.43. The van der Waals surface area contributed by atoms with Crippen molar-refractivity contribution >= 4 is 22.7 Å². The highest BCUT2D eigenvalue weighted by Crippen LogP contribution is 2.29. The summed E-state index contributed by atoms with van der Waals surface area (Å²) in [6.07, 6.45) is -2.75. The van der Waals surface area contributed by atoms with Crippen molar-refractivity contribution in [2.75, 3.05) is 19.6 Å². The molecule has 2 aromatic rings. The van der Waals surface area contributed by atoms with Gasteiger partial charge in [0.1, 0.15) is 11.3 Å². The summed E-state index contributed by atoms with van der Waals surface area (Å²) in [5.74, 6) is -2.86. The molecule has 9 heteroatoms. The van der Waals surface area contributed by atoms with Gasteiger partial charge in [-0.1, -0.05) is 0 Å². The van der Waals surface area contributed by atoms with Gasteiger partial charge < -0.3 is 14.6 Å². The molecule has 2 aromatic heterocycles. The Morgan fingerprint density at radius 2 is 2.08 bits per heavy atom. The molecule has 6 nitrogen and oxygen atoms in total. The molecule has 3 atom stereocenters. The van der Waals surface area contributed by atoms with E-state index >= 15 is 0 Å². The molecule has 132 valence electrons. The summed E-state index contributed by atoms with van der Waals surface area (Å²) in [7, 11) is 0.